The summed E-state index contributed by atoms with van der Waals surface area (Å²) in [5.74, 6) is -1.09. The summed E-state index contributed by atoms with van der Waals surface area (Å²) in [5, 5.41) is 9.48. The Morgan fingerprint density at radius 2 is 1.92 bits per heavy atom. The fraction of sp³-hybridized carbons (Fsp3) is 0.150. The quantitative estimate of drug-likeness (QED) is 0.741. The van der Waals surface area contributed by atoms with E-state index in [1.165, 1.54) is 6.08 Å². The Kier molecular flexibility index (Phi) is 4.48. The van der Waals surface area contributed by atoms with Crippen LogP contribution < -0.4 is 5.43 Å². The Hall–Kier alpha value is -3.21. The first-order chi connectivity index (χ1) is 12.0. The maximum atomic E-state index is 13.0. The summed E-state index contributed by atoms with van der Waals surface area (Å²) in [5.41, 5.74) is 3.09. The summed E-state index contributed by atoms with van der Waals surface area (Å²) in [4.78, 5) is 28.6. The average molecular weight is 334 g/mol. The zero-order valence-corrected chi connectivity index (χ0v) is 14.1. The van der Waals surface area contributed by atoms with Crippen molar-refractivity contribution in [1.29, 1.82) is 0 Å². The molecule has 0 saturated heterocycles. The minimum atomic E-state index is -1.09. The molecule has 3 rings (SSSR count). The van der Waals surface area contributed by atoms with Crippen molar-refractivity contribution in [3.63, 3.8) is 0 Å². The number of benzene rings is 1. The highest BCUT2D eigenvalue weighted by atomic mass is 16.4. The van der Waals surface area contributed by atoms with Gasteiger partial charge in [-0.25, -0.2) is 9.78 Å². The fourth-order valence-corrected chi connectivity index (χ4v) is 2.95. The van der Waals surface area contributed by atoms with Gasteiger partial charge in [-0.2, -0.15) is 0 Å². The fourth-order valence-electron chi connectivity index (χ4n) is 2.95. The molecule has 25 heavy (non-hydrogen) atoms. The van der Waals surface area contributed by atoms with Crippen LogP contribution in [0.5, 0.6) is 0 Å². The number of pyridine rings is 2. The predicted octanol–water partition coefficient (Wildman–Crippen LogP) is 3.49. The first-order valence-corrected chi connectivity index (χ1v) is 8.03. The van der Waals surface area contributed by atoms with Gasteiger partial charge in [-0.15, -0.1) is 0 Å². The minimum Gasteiger partial charge on any atom is -0.478 e. The number of rotatable bonds is 4. The Balaban J connectivity index is 2.50. The first kappa shape index (κ1) is 16.6. The Morgan fingerprint density at radius 3 is 2.56 bits per heavy atom. The summed E-state index contributed by atoms with van der Waals surface area (Å²) in [6, 6.07) is 13.0. The first-order valence-electron chi connectivity index (χ1n) is 8.03. The summed E-state index contributed by atoms with van der Waals surface area (Å²) in [6.45, 7) is 4.46. The van der Waals surface area contributed by atoms with Gasteiger partial charge in [-0.3, -0.25) is 4.79 Å². The zero-order chi connectivity index (χ0) is 18.0. The molecule has 0 amide bonds. The van der Waals surface area contributed by atoms with Gasteiger partial charge in [0.1, 0.15) is 5.65 Å². The van der Waals surface area contributed by atoms with E-state index in [0.717, 1.165) is 17.3 Å². The Labute approximate surface area is 144 Å². The van der Waals surface area contributed by atoms with Gasteiger partial charge >= 0.3 is 5.97 Å². The molecule has 2 aromatic heterocycles. The predicted molar refractivity (Wildman–Crippen MR) is 98.5 cm³/mol. The second-order valence-corrected chi connectivity index (χ2v) is 5.70. The maximum Gasteiger partial charge on any atom is 0.328 e. The third-order valence-corrected chi connectivity index (χ3v) is 4.04. The number of aliphatic carboxylic acids is 1. The van der Waals surface area contributed by atoms with Crippen molar-refractivity contribution in [1.82, 2.24) is 9.55 Å². The van der Waals surface area contributed by atoms with E-state index in [0.29, 0.717) is 28.8 Å². The van der Waals surface area contributed by atoms with Crippen LogP contribution in [0.1, 0.15) is 18.2 Å². The molecular formula is C20H18N2O3. The van der Waals surface area contributed by atoms with Crippen molar-refractivity contribution in [3.8, 4) is 11.3 Å². The van der Waals surface area contributed by atoms with Crippen LogP contribution in [0, 0.1) is 6.92 Å². The SMILES string of the molecule is CCn1c(-c2ccccc2)c(/C=C/C(=O)O)c(=O)c2ccc(C)nc21. The number of hydrogen-bond acceptors (Lipinski definition) is 3. The van der Waals surface area contributed by atoms with Crippen LogP contribution in [-0.4, -0.2) is 20.6 Å². The van der Waals surface area contributed by atoms with Gasteiger partial charge in [-0.05, 0) is 37.6 Å². The van der Waals surface area contributed by atoms with Gasteiger partial charge in [0.25, 0.3) is 0 Å². The molecule has 126 valence electrons. The van der Waals surface area contributed by atoms with Gasteiger partial charge in [0, 0.05) is 23.9 Å². The molecule has 0 aliphatic carbocycles. The second-order valence-electron chi connectivity index (χ2n) is 5.70. The van der Waals surface area contributed by atoms with E-state index in [4.69, 9.17) is 5.11 Å². The molecule has 0 atom stereocenters. The summed E-state index contributed by atoms with van der Waals surface area (Å²) < 4.78 is 1.96. The van der Waals surface area contributed by atoms with E-state index < -0.39 is 5.97 Å². The molecule has 0 saturated carbocycles. The number of hydrogen-bond donors (Lipinski definition) is 1. The molecule has 5 nitrogen and oxygen atoms in total. The van der Waals surface area contributed by atoms with Crippen LogP contribution in [-0.2, 0) is 11.3 Å². The van der Waals surface area contributed by atoms with Gasteiger partial charge in [0.2, 0.25) is 0 Å². The van der Waals surface area contributed by atoms with Gasteiger partial charge in [0.05, 0.1) is 11.1 Å². The zero-order valence-electron chi connectivity index (χ0n) is 14.1. The van der Waals surface area contributed by atoms with Crippen LogP contribution in [0.15, 0.2) is 53.3 Å². The van der Waals surface area contributed by atoms with E-state index in [9.17, 15) is 9.59 Å². The largest absolute Gasteiger partial charge is 0.478 e. The molecule has 5 heteroatoms. The number of aryl methyl sites for hydroxylation is 2. The van der Waals surface area contributed by atoms with E-state index >= 15 is 0 Å². The summed E-state index contributed by atoms with van der Waals surface area (Å²) in [7, 11) is 0. The maximum absolute atomic E-state index is 13.0. The molecule has 1 aromatic carbocycles. The second kappa shape index (κ2) is 6.73. The van der Waals surface area contributed by atoms with Crippen molar-refractivity contribution in [2.24, 2.45) is 0 Å². The van der Waals surface area contributed by atoms with Gasteiger partial charge < -0.3 is 9.67 Å². The molecule has 0 radical (unpaired) electrons. The molecule has 0 spiro atoms. The van der Waals surface area contributed by atoms with Crippen LogP contribution >= 0.6 is 0 Å². The standard InChI is InChI=1S/C20H18N2O3/c1-3-22-18(14-7-5-4-6-8-14)15(11-12-17(23)24)19(25)16-10-9-13(2)21-20(16)22/h4-12H,3H2,1-2H3,(H,23,24)/b12-11+. The number of carboxylic acids is 1. The van der Waals surface area contributed by atoms with Crippen molar-refractivity contribution in [2.75, 3.05) is 0 Å². The number of fused-ring (bicyclic) bond motifs is 1. The third-order valence-electron chi connectivity index (χ3n) is 4.04. The van der Waals surface area contributed by atoms with E-state index in [-0.39, 0.29) is 5.43 Å². The number of carbonyl (C=O) groups is 1. The molecule has 1 N–H and O–H groups in total. The topological polar surface area (TPSA) is 72.2 Å². The Bertz CT molecular complexity index is 1030. The van der Waals surface area contributed by atoms with Crippen molar-refractivity contribution >= 4 is 23.1 Å². The van der Waals surface area contributed by atoms with Gasteiger partial charge in [0.15, 0.2) is 5.43 Å². The lowest BCUT2D eigenvalue weighted by Gasteiger charge is -2.18. The summed E-state index contributed by atoms with van der Waals surface area (Å²) in [6.07, 6.45) is 2.37. The molecule has 3 aromatic rings. The van der Waals surface area contributed by atoms with Gasteiger partial charge in [-0.1, -0.05) is 30.3 Å². The van der Waals surface area contributed by atoms with Crippen LogP contribution in [0.3, 0.4) is 0 Å². The monoisotopic (exact) mass is 334 g/mol. The molecular weight excluding hydrogens is 316 g/mol. The smallest absolute Gasteiger partial charge is 0.328 e. The number of carboxylic acid groups (broad SMARTS) is 1. The van der Waals surface area contributed by atoms with E-state index in [2.05, 4.69) is 4.98 Å². The van der Waals surface area contributed by atoms with Crippen LogP contribution in [0.25, 0.3) is 28.4 Å². The lowest BCUT2D eigenvalue weighted by atomic mass is 10.0. The number of aromatic nitrogens is 2. The molecule has 2 heterocycles. The lowest BCUT2D eigenvalue weighted by molar-refractivity contribution is -0.131. The van der Waals surface area contributed by atoms with Crippen molar-refractivity contribution in [3.05, 3.63) is 70.0 Å². The van der Waals surface area contributed by atoms with E-state index in [1.807, 2.05) is 48.7 Å². The van der Waals surface area contributed by atoms with Crippen molar-refractivity contribution in [2.45, 2.75) is 20.4 Å². The highest BCUT2D eigenvalue weighted by Crippen LogP contribution is 2.26. The molecule has 0 aliphatic rings. The van der Waals surface area contributed by atoms with Crippen molar-refractivity contribution < 1.29 is 9.90 Å². The highest BCUT2D eigenvalue weighted by molar-refractivity contribution is 5.90. The molecule has 0 unspecified atom stereocenters. The Morgan fingerprint density at radius 1 is 1.20 bits per heavy atom. The summed E-state index contributed by atoms with van der Waals surface area (Å²) >= 11 is 0. The molecule has 0 fully saturated rings. The highest BCUT2D eigenvalue weighted by Gasteiger charge is 2.17. The van der Waals surface area contributed by atoms with Crippen LogP contribution in [0.4, 0.5) is 0 Å². The number of nitrogens with zero attached hydrogens (tertiary/aromatic N) is 2. The van der Waals surface area contributed by atoms with E-state index in [1.54, 1.807) is 12.1 Å². The normalized spacial score (nSPS) is 11.3. The average Bonchev–Trinajstić information content (AvgIpc) is 2.61. The third kappa shape index (κ3) is 3.08. The minimum absolute atomic E-state index is 0.219. The molecule has 0 bridgehead atoms. The lowest BCUT2D eigenvalue weighted by Crippen LogP contribution is -2.17. The van der Waals surface area contributed by atoms with Crippen LogP contribution in [0.2, 0.25) is 0 Å². The molecule has 0 aliphatic heterocycles.